The molecule has 3 rings (SSSR count). The number of ether oxygens (including phenoxy) is 2. The van der Waals surface area contributed by atoms with E-state index in [1.807, 2.05) is 13.8 Å². The Morgan fingerprint density at radius 1 is 1.25 bits per heavy atom. The maximum atomic E-state index is 10.3. The molecule has 16 heavy (non-hydrogen) atoms. The van der Waals surface area contributed by atoms with Gasteiger partial charge in [0, 0.05) is 0 Å². The highest BCUT2D eigenvalue weighted by molar-refractivity contribution is 5.15. The molecule has 3 aliphatic rings. The van der Waals surface area contributed by atoms with E-state index in [0.717, 1.165) is 12.8 Å². The lowest BCUT2D eigenvalue weighted by Crippen LogP contribution is -2.33. The number of hydrogen-bond donors (Lipinski definition) is 1. The zero-order valence-electron chi connectivity index (χ0n) is 10.1. The third-order valence-electron chi connectivity index (χ3n) is 4.21. The van der Waals surface area contributed by atoms with Crippen molar-refractivity contribution in [2.75, 3.05) is 0 Å². The van der Waals surface area contributed by atoms with E-state index in [1.54, 1.807) is 0 Å². The van der Waals surface area contributed by atoms with Crippen LogP contribution in [0.25, 0.3) is 0 Å². The molecule has 1 aliphatic heterocycles. The van der Waals surface area contributed by atoms with Crippen LogP contribution in [0, 0.1) is 11.8 Å². The molecule has 0 unspecified atom stereocenters. The summed E-state index contributed by atoms with van der Waals surface area (Å²) >= 11 is 0. The van der Waals surface area contributed by atoms with Crippen LogP contribution in [-0.4, -0.2) is 29.2 Å². The summed E-state index contributed by atoms with van der Waals surface area (Å²) < 4.78 is 11.8. The number of hydrogen-bond acceptors (Lipinski definition) is 3. The minimum Gasteiger partial charge on any atom is -0.390 e. The van der Waals surface area contributed by atoms with E-state index in [1.165, 1.54) is 5.57 Å². The van der Waals surface area contributed by atoms with Crippen molar-refractivity contribution in [3.63, 3.8) is 0 Å². The molecule has 1 saturated carbocycles. The van der Waals surface area contributed by atoms with Crippen LogP contribution < -0.4 is 0 Å². The summed E-state index contributed by atoms with van der Waals surface area (Å²) in [5, 5.41) is 10.3. The van der Waals surface area contributed by atoms with Gasteiger partial charge in [-0.1, -0.05) is 11.6 Å². The van der Waals surface area contributed by atoms with Crippen molar-refractivity contribution in [1.82, 2.24) is 0 Å². The smallest absolute Gasteiger partial charge is 0.163 e. The minimum absolute atomic E-state index is 0.0821. The van der Waals surface area contributed by atoms with Gasteiger partial charge in [-0.15, -0.1) is 0 Å². The van der Waals surface area contributed by atoms with Gasteiger partial charge in [0.15, 0.2) is 5.79 Å². The highest BCUT2D eigenvalue weighted by Gasteiger charge is 2.58. The fourth-order valence-corrected chi connectivity index (χ4v) is 3.53. The maximum absolute atomic E-state index is 10.3. The lowest BCUT2D eigenvalue weighted by atomic mass is 9.81. The second-order valence-corrected chi connectivity index (χ2v) is 5.87. The molecule has 0 aromatic heterocycles. The summed E-state index contributed by atoms with van der Waals surface area (Å²) in [4.78, 5) is 0. The minimum atomic E-state index is -0.531. The van der Waals surface area contributed by atoms with Crippen molar-refractivity contribution >= 4 is 0 Å². The topological polar surface area (TPSA) is 38.7 Å². The third-order valence-corrected chi connectivity index (χ3v) is 4.21. The Bertz CT molecular complexity index is 334. The first-order chi connectivity index (χ1) is 7.48. The van der Waals surface area contributed by atoms with Crippen LogP contribution >= 0.6 is 0 Å². The molecule has 1 saturated heterocycles. The third kappa shape index (κ3) is 1.45. The molecule has 0 spiro atoms. The van der Waals surface area contributed by atoms with Gasteiger partial charge in [-0.2, -0.15) is 0 Å². The summed E-state index contributed by atoms with van der Waals surface area (Å²) in [6.07, 6.45) is 3.86. The molecule has 0 bridgehead atoms. The second-order valence-electron chi connectivity index (χ2n) is 5.87. The molecule has 3 heteroatoms. The summed E-state index contributed by atoms with van der Waals surface area (Å²) in [7, 11) is 0. The standard InChI is InChI=1S/C13H20O3/c1-7-4-5-8-9(6-7)11-12(10(8)14)16-13(2,3)15-11/h4,8-12,14H,5-6H2,1-3H3/t8-,9+,10+,11-,12+/m0/s1. The van der Waals surface area contributed by atoms with Crippen LogP contribution in [0.1, 0.15) is 33.6 Å². The first-order valence-corrected chi connectivity index (χ1v) is 6.17. The molecule has 3 nitrogen and oxygen atoms in total. The summed E-state index contributed by atoms with van der Waals surface area (Å²) in [6, 6.07) is 0. The van der Waals surface area contributed by atoms with Crippen molar-refractivity contribution in [3.8, 4) is 0 Å². The Morgan fingerprint density at radius 3 is 2.69 bits per heavy atom. The first kappa shape index (κ1) is 10.8. The Kier molecular flexibility index (Phi) is 2.23. The van der Waals surface area contributed by atoms with Crippen molar-refractivity contribution < 1.29 is 14.6 Å². The van der Waals surface area contributed by atoms with E-state index in [-0.39, 0.29) is 18.3 Å². The number of rotatable bonds is 0. The number of allylic oxidation sites excluding steroid dienone is 2. The van der Waals surface area contributed by atoms with Gasteiger partial charge >= 0.3 is 0 Å². The first-order valence-electron chi connectivity index (χ1n) is 6.17. The summed E-state index contributed by atoms with van der Waals surface area (Å²) in [5.41, 5.74) is 1.42. The van der Waals surface area contributed by atoms with Gasteiger partial charge in [-0.05, 0) is 45.4 Å². The maximum Gasteiger partial charge on any atom is 0.163 e. The molecule has 1 N–H and O–H groups in total. The van der Waals surface area contributed by atoms with Gasteiger partial charge in [0.1, 0.15) is 6.10 Å². The SMILES string of the molecule is CC1=CC[C@@H]2[C@@H](O)[C@H]3OC(C)(C)O[C@H]3[C@@H]2C1. The average Bonchev–Trinajstić information content (AvgIpc) is 2.63. The second kappa shape index (κ2) is 3.31. The molecule has 0 amide bonds. The van der Waals surface area contributed by atoms with Crippen LogP contribution in [0.3, 0.4) is 0 Å². The van der Waals surface area contributed by atoms with Crippen molar-refractivity contribution in [3.05, 3.63) is 11.6 Å². The average molecular weight is 224 g/mol. The summed E-state index contributed by atoms with van der Waals surface area (Å²) in [5.74, 6) is 0.234. The fourth-order valence-electron chi connectivity index (χ4n) is 3.53. The lowest BCUT2D eigenvalue weighted by Gasteiger charge is -2.30. The summed E-state index contributed by atoms with van der Waals surface area (Å²) in [6.45, 7) is 6.02. The molecular weight excluding hydrogens is 204 g/mol. The van der Waals surface area contributed by atoms with Crippen molar-refractivity contribution in [2.24, 2.45) is 11.8 Å². The molecule has 2 fully saturated rings. The van der Waals surface area contributed by atoms with E-state index in [2.05, 4.69) is 13.0 Å². The Morgan fingerprint density at radius 2 is 1.94 bits per heavy atom. The molecule has 2 aliphatic carbocycles. The molecule has 0 radical (unpaired) electrons. The highest BCUT2D eigenvalue weighted by Crippen LogP contribution is 2.49. The number of aliphatic hydroxyl groups excluding tert-OH is 1. The molecule has 5 atom stereocenters. The quantitative estimate of drug-likeness (QED) is 0.638. The zero-order valence-corrected chi connectivity index (χ0v) is 10.1. The van der Waals surface area contributed by atoms with Crippen LogP contribution in [0.4, 0.5) is 0 Å². The Hall–Kier alpha value is -0.380. The van der Waals surface area contributed by atoms with Gasteiger partial charge in [0.2, 0.25) is 0 Å². The predicted octanol–water partition coefficient (Wildman–Crippen LogP) is 1.85. The van der Waals surface area contributed by atoms with Crippen LogP contribution in [0.5, 0.6) is 0 Å². The molecule has 0 aromatic carbocycles. The lowest BCUT2D eigenvalue weighted by molar-refractivity contribution is -0.173. The van der Waals surface area contributed by atoms with Crippen LogP contribution in [-0.2, 0) is 9.47 Å². The molecule has 1 heterocycles. The van der Waals surface area contributed by atoms with Gasteiger partial charge in [0.05, 0.1) is 12.2 Å². The van der Waals surface area contributed by atoms with Crippen LogP contribution in [0.2, 0.25) is 0 Å². The monoisotopic (exact) mass is 224 g/mol. The van der Waals surface area contributed by atoms with Crippen molar-refractivity contribution in [2.45, 2.75) is 57.7 Å². The van der Waals surface area contributed by atoms with Gasteiger partial charge in [-0.25, -0.2) is 0 Å². The molecule has 90 valence electrons. The van der Waals surface area contributed by atoms with Gasteiger partial charge in [-0.3, -0.25) is 0 Å². The van der Waals surface area contributed by atoms with E-state index >= 15 is 0 Å². The van der Waals surface area contributed by atoms with E-state index in [0.29, 0.717) is 11.8 Å². The van der Waals surface area contributed by atoms with E-state index in [4.69, 9.17) is 9.47 Å². The molecule has 0 aromatic rings. The Labute approximate surface area is 96.4 Å². The largest absolute Gasteiger partial charge is 0.390 e. The highest BCUT2D eigenvalue weighted by atomic mass is 16.8. The van der Waals surface area contributed by atoms with E-state index in [9.17, 15) is 5.11 Å². The van der Waals surface area contributed by atoms with Crippen LogP contribution in [0.15, 0.2) is 11.6 Å². The van der Waals surface area contributed by atoms with Crippen molar-refractivity contribution in [1.29, 1.82) is 0 Å². The van der Waals surface area contributed by atoms with E-state index < -0.39 is 5.79 Å². The van der Waals surface area contributed by atoms with Gasteiger partial charge < -0.3 is 14.6 Å². The fraction of sp³-hybridized carbons (Fsp3) is 0.846. The normalized spacial score (nSPS) is 49.8. The number of fused-ring (bicyclic) bond motifs is 3. The van der Waals surface area contributed by atoms with Gasteiger partial charge in [0.25, 0.3) is 0 Å². The predicted molar refractivity (Wildman–Crippen MR) is 59.8 cm³/mol. The Balaban J connectivity index is 1.87. The number of aliphatic hydroxyl groups is 1. The zero-order chi connectivity index (χ0) is 11.5. The molecular formula is C13H20O3.